The van der Waals surface area contributed by atoms with Gasteiger partial charge in [-0.05, 0) is 13.8 Å². The Morgan fingerprint density at radius 1 is 0.852 bits per heavy atom. The molecule has 0 aliphatic heterocycles. The highest BCUT2D eigenvalue weighted by Crippen LogP contribution is 2.01. The zero-order valence-corrected chi connectivity index (χ0v) is 14.7. The van der Waals surface area contributed by atoms with Crippen molar-refractivity contribution in [2.24, 2.45) is 5.73 Å². The Morgan fingerprint density at radius 2 is 1.33 bits per heavy atom. The summed E-state index contributed by atoms with van der Waals surface area (Å²) in [6.07, 6.45) is -3.80. The highest BCUT2D eigenvalue weighted by Gasteiger charge is 2.34. The topological polar surface area (TPSA) is 228 Å². The number of amides is 3. The minimum atomic E-state index is -1.71. The van der Waals surface area contributed by atoms with Crippen LogP contribution >= 0.6 is 0 Å². The van der Waals surface area contributed by atoms with Crippen molar-refractivity contribution in [3.05, 3.63) is 0 Å². The second-order valence-corrected chi connectivity index (χ2v) is 5.71. The van der Waals surface area contributed by atoms with Crippen molar-refractivity contribution in [2.45, 2.75) is 50.6 Å². The molecule has 0 fully saturated rings. The molecule has 3 amide bonds. The number of hydrogen-bond acceptors (Lipinski definition) is 8. The molecule has 5 unspecified atom stereocenters. The summed E-state index contributed by atoms with van der Waals surface area (Å²) in [6.45, 7) is 1.71. The summed E-state index contributed by atoms with van der Waals surface area (Å²) in [4.78, 5) is 57.6. The second kappa shape index (κ2) is 11.1. The number of nitrogens with two attached hydrogens (primary N) is 1. The molecule has 0 rings (SSSR count). The van der Waals surface area contributed by atoms with E-state index in [0.29, 0.717) is 0 Å². The van der Waals surface area contributed by atoms with Crippen molar-refractivity contribution in [3.63, 3.8) is 0 Å². The summed E-state index contributed by atoms with van der Waals surface area (Å²) in [5.74, 6) is -6.04. The molecule has 0 aromatic carbocycles. The number of carboxylic acid groups (broad SMARTS) is 2. The van der Waals surface area contributed by atoms with E-state index in [1.807, 2.05) is 10.6 Å². The molecular formula is C14H24N4O9. The average molecular weight is 392 g/mol. The molecule has 0 aliphatic rings. The number of aliphatic hydroxyl groups excluding tert-OH is 2. The van der Waals surface area contributed by atoms with Crippen LogP contribution in [0.5, 0.6) is 0 Å². The van der Waals surface area contributed by atoms with Crippen molar-refractivity contribution in [1.82, 2.24) is 16.0 Å². The van der Waals surface area contributed by atoms with E-state index in [0.717, 1.165) is 13.8 Å². The van der Waals surface area contributed by atoms with Gasteiger partial charge in [-0.15, -0.1) is 0 Å². The maximum absolute atomic E-state index is 12.2. The first-order valence-electron chi connectivity index (χ1n) is 7.81. The Balaban J connectivity index is 5.31. The molecule has 0 bridgehead atoms. The van der Waals surface area contributed by atoms with Gasteiger partial charge < -0.3 is 42.1 Å². The minimum Gasteiger partial charge on any atom is -0.481 e. The van der Waals surface area contributed by atoms with Gasteiger partial charge in [-0.25, -0.2) is 4.79 Å². The third-order valence-electron chi connectivity index (χ3n) is 3.32. The van der Waals surface area contributed by atoms with Crippen LogP contribution in [0.15, 0.2) is 0 Å². The summed E-state index contributed by atoms with van der Waals surface area (Å²) in [6, 6.07) is -4.97. The van der Waals surface area contributed by atoms with Crippen LogP contribution in [0.3, 0.4) is 0 Å². The average Bonchev–Trinajstić information content (AvgIpc) is 2.54. The lowest BCUT2D eigenvalue weighted by molar-refractivity contribution is -0.146. The Hall–Kier alpha value is -2.77. The van der Waals surface area contributed by atoms with Crippen molar-refractivity contribution in [3.8, 4) is 0 Å². The monoisotopic (exact) mass is 392 g/mol. The first-order valence-corrected chi connectivity index (χ1v) is 7.81. The maximum atomic E-state index is 12.2. The summed E-state index contributed by atoms with van der Waals surface area (Å²) >= 11 is 0. The summed E-state index contributed by atoms with van der Waals surface area (Å²) < 4.78 is 0. The molecule has 9 N–H and O–H groups in total. The van der Waals surface area contributed by atoms with Crippen LogP contribution < -0.4 is 21.7 Å². The molecule has 0 aromatic rings. The van der Waals surface area contributed by atoms with Crippen LogP contribution in [-0.2, 0) is 24.0 Å². The van der Waals surface area contributed by atoms with Crippen LogP contribution in [0.1, 0.15) is 20.3 Å². The van der Waals surface area contributed by atoms with Gasteiger partial charge in [0.15, 0.2) is 6.04 Å². The molecule has 0 saturated carbocycles. The van der Waals surface area contributed by atoms with Gasteiger partial charge in [0.05, 0.1) is 25.2 Å². The molecule has 0 heterocycles. The number of carbonyl (C=O) groups excluding carboxylic acids is 3. The number of aliphatic carboxylic acids is 2. The van der Waals surface area contributed by atoms with Crippen LogP contribution in [0.25, 0.3) is 0 Å². The number of rotatable bonds is 11. The van der Waals surface area contributed by atoms with E-state index in [4.69, 9.17) is 15.9 Å². The first kappa shape index (κ1) is 24.2. The Bertz CT molecular complexity index is 579. The molecule has 0 saturated heterocycles. The van der Waals surface area contributed by atoms with Gasteiger partial charge in [-0.2, -0.15) is 0 Å². The summed E-state index contributed by atoms with van der Waals surface area (Å²) in [7, 11) is 0. The van der Waals surface area contributed by atoms with Crippen LogP contribution in [0, 0.1) is 0 Å². The van der Waals surface area contributed by atoms with Crippen LogP contribution in [0.2, 0.25) is 0 Å². The number of nitrogens with one attached hydrogen (secondary N) is 3. The predicted octanol–water partition coefficient (Wildman–Crippen LogP) is -4.28. The fourth-order valence-electron chi connectivity index (χ4n) is 1.93. The van der Waals surface area contributed by atoms with Gasteiger partial charge >= 0.3 is 11.9 Å². The number of carboxylic acids is 2. The normalized spacial score (nSPS) is 16.2. The molecule has 13 nitrogen and oxygen atoms in total. The van der Waals surface area contributed by atoms with E-state index in [-0.39, 0.29) is 0 Å². The van der Waals surface area contributed by atoms with E-state index in [1.54, 1.807) is 0 Å². The minimum absolute atomic E-state index is 0.515. The van der Waals surface area contributed by atoms with Gasteiger partial charge in [0.1, 0.15) is 12.1 Å². The Morgan fingerprint density at radius 3 is 1.70 bits per heavy atom. The summed E-state index contributed by atoms with van der Waals surface area (Å²) in [5, 5.41) is 42.9. The molecular weight excluding hydrogens is 368 g/mol. The van der Waals surface area contributed by atoms with Crippen LogP contribution in [0.4, 0.5) is 0 Å². The fourth-order valence-corrected chi connectivity index (χ4v) is 1.93. The highest BCUT2D eigenvalue weighted by atomic mass is 16.4. The van der Waals surface area contributed by atoms with Crippen molar-refractivity contribution in [2.75, 3.05) is 6.54 Å². The molecule has 154 valence electrons. The van der Waals surface area contributed by atoms with Crippen molar-refractivity contribution < 1.29 is 44.4 Å². The Labute approximate surface area is 153 Å². The van der Waals surface area contributed by atoms with E-state index in [9.17, 15) is 34.2 Å². The number of carbonyl (C=O) groups is 5. The fraction of sp³-hybridized carbons (Fsp3) is 0.643. The quantitative estimate of drug-likeness (QED) is 0.169. The van der Waals surface area contributed by atoms with Gasteiger partial charge in [-0.1, -0.05) is 0 Å². The molecule has 5 atom stereocenters. The molecule has 0 radical (unpaired) electrons. The molecule has 0 spiro atoms. The van der Waals surface area contributed by atoms with Gasteiger partial charge in [0.2, 0.25) is 17.7 Å². The molecule has 0 aromatic heterocycles. The van der Waals surface area contributed by atoms with Gasteiger partial charge in [0, 0.05) is 0 Å². The SMILES string of the molecule is CC(O)C(NC(=O)C(NC(=O)C(CC(=O)O)NC(=O)CN)C(C)O)C(=O)O. The smallest absolute Gasteiger partial charge is 0.328 e. The van der Waals surface area contributed by atoms with E-state index in [2.05, 4.69) is 5.32 Å². The predicted molar refractivity (Wildman–Crippen MR) is 88.1 cm³/mol. The number of aliphatic hydroxyl groups is 2. The molecule has 13 heteroatoms. The van der Waals surface area contributed by atoms with E-state index < -0.39 is 73.0 Å². The first-order chi connectivity index (χ1) is 12.4. The van der Waals surface area contributed by atoms with Gasteiger partial charge in [0.25, 0.3) is 0 Å². The molecule has 27 heavy (non-hydrogen) atoms. The lowest BCUT2D eigenvalue weighted by Crippen LogP contribution is -2.60. The van der Waals surface area contributed by atoms with Crippen molar-refractivity contribution in [1.29, 1.82) is 0 Å². The summed E-state index contributed by atoms with van der Waals surface area (Å²) in [5.41, 5.74) is 5.09. The zero-order chi connectivity index (χ0) is 21.3. The van der Waals surface area contributed by atoms with Gasteiger partial charge in [-0.3, -0.25) is 19.2 Å². The molecule has 0 aliphatic carbocycles. The lowest BCUT2D eigenvalue weighted by atomic mass is 10.1. The van der Waals surface area contributed by atoms with Crippen molar-refractivity contribution >= 4 is 29.7 Å². The standard InChI is InChI=1S/C14H24N4O9/c1-5(19)10(13(25)18-11(6(2)20)14(26)27)17-12(24)7(3-9(22)23)16-8(21)4-15/h5-7,10-11,19-20H,3-4,15H2,1-2H3,(H,16,21)(H,17,24)(H,18,25)(H,22,23)(H,26,27). The lowest BCUT2D eigenvalue weighted by Gasteiger charge is -2.26. The highest BCUT2D eigenvalue weighted by molar-refractivity contribution is 5.95. The second-order valence-electron chi connectivity index (χ2n) is 5.71. The van der Waals surface area contributed by atoms with Crippen LogP contribution in [-0.4, -0.2) is 87.0 Å². The maximum Gasteiger partial charge on any atom is 0.328 e. The number of hydrogen-bond donors (Lipinski definition) is 8. The third kappa shape index (κ3) is 8.44. The zero-order valence-electron chi connectivity index (χ0n) is 14.7. The third-order valence-corrected chi connectivity index (χ3v) is 3.32. The largest absolute Gasteiger partial charge is 0.481 e. The van der Waals surface area contributed by atoms with E-state index in [1.165, 1.54) is 0 Å². The Kier molecular flexibility index (Phi) is 9.92. The van der Waals surface area contributed by atoms with E-state index >= 15 is 0 Å².